The summed E-state index contributed by atoms with van der Waals surface area (Å²) in [6.07, 6.45) is 10.2. The van der Waals surface area contributed by atoms with Gasteiger partial charge in [-0.15, -0.1) is 0 Å². The first-order valence-electron chi connectivity index (χ1n) is 11.0. The molecule has 1 aromatic rings. The van der Waals surface area contributed by atoms with E-state index in [-0.39, 0.29) is 17.6 Å². The molecule has 1 aliphatic heterocycles. The zero-order valence-electron chi connectivity index (χ0n) is 17.5. The molecule has 1 heterocycles. The molecule has 6 rings (SSSR count). The van der Waals surface area contributed by atoms with Crippen LogP contribution in [-0.2, 0) is 17.8 Å². The average Bonchev–Trinajstić information content (AvgIpc) is 2.59. The van der Waals surface area contributed by atoms with Crippen LogP contribution in [0.5, 0.6) is 0 Å². The Balaban J connectivity index is 1.54. The third-order valence-electron chi connectivity index (χ3n) is 7.96. The molecule has 0 amide bonds. The standard InChI is InChI=1S/C25H33NO2/c1-15-4-19-13-24(2,3)26-22(21(19)8-20(15)14-27)9-23(28)25-10-16-5-17(11-25)7-18(6-16)12-25/h4,8-9,16-18,26-27H,5-7,10-14H2,1-3H3. The van der Waals surface area contributed by atoms with Crippen LogP contribution >= 0.6 is 0 Å². The number of aliphatic hydroxyl groups is 1. The molecule has 1 aromatic carbocycles. The molecule has 3 heteroatoms. The first kappa shape index (κ1) is 18.4. The van der Waals surface area contributed by atoms with Crippen LogP contribution in [0.4, 0.5) is 0 Å². The molecular weight excluding hydrogens is 346 g/mol. The molecule has 4 saturated carbocycles. The summed E-state index contributed by atoms with van der Waals surface area (Å²) in [4.78, 5) is 13.6. The molecule has 0 radical (unpaired) electrons. The first-order chi connectivity index (χ1) is 13.3. The third-order valence-corrected chi connectivity index (χ3v) is 7.96. The number of aryl methyl sites for hydroxylation is 1. The van der Waals surface area contributed by atoms with Crippen molar-refractivity contribution >= 4 is 11.5 Å². The number of aliphatic hydroxyl groups excluding tert-OH is 1. The number of nitrogens with one attached hydrogen (secondary N) is 1. The molecule has 0 saturated heterocycles. The Morgan fingerprint density at radius 3 is 2.32 bits per heavy atom. The highest BCUT2D eigenvalue weighted by Crippen LogP contribution is 2.60. The SMILES string of the molecule is Cc1cc2c(cc1CO)C(=CC(=O)C13CC4CC(CC(C4)C1)C3)NC(C)(C)C2. The number of carbonyl (C=O) groups excluding carboxylic acids is 1. The van der Waals surface area contributed by atoms with Crippen LogP contribution in [0.3, 0.4) is 0 Å². The van der Waals surface area contributed by atoms with Crippen molar-refractivity contribution in [3.8, 4) is 0 Å². The van der Waals surface area contributed by atoms with Gasteiger partial charge in [-0.2, -0.15) is 0 Å². The summed E-state index contributed by atoms with van der Waals surface area (Å²) in [5, 5.41) is 13.4. The fourth-order valence-electron chi connectivity index (χ4n) is 7.14. The molecule has 4 aliphatic carbocycles. The quantitative estimate of drug-likeness (QED) is 0.758. The maximum atomic E-state index is 13.6. The summed E-state index contributed by atoms with van der Waals surface area (Å²) in [6.45, 7) is 6.51. The van der Waals surface area contributed by atoms with Gasteiger partial charge < -0.3 is 10.4 Å². The zero-order chi connectivity index (χ0) is 19.7. The van der Waals surface area contributed by atoms with Gasteiger partial charge in [-0.05, 0) is 106 Å². The fraction of sp³-hybridized carbons (Fsp3) is 0.640. The second-order valence-electron chi connectivity index (χ2n) is 10.9. The molecule has 2 N–H and O–H groups in total. The number of allylic oxidation sites excluding steroid dienone is 1. The lowest BCUT2D eigenvalue weighted by molar-refractivity contribution is -0.138. The van der Waals surface area contributed by atoms with E-state index in [1.54, 1.807) is 0 Å². The predicted molar refractivity (Wildman–Crippen MR) is 112 cm³/mol. The Hall–Kier alpha value is -1.61. The van der Waals surface area contributed by atoms with E-state index in [2.05, 4.69) is 38.2 Å². The molecule has 0 atom stereocenters. The molecule has 28 heavy (non-hydrogen) atoms. The van der Waals surface area contributed by atoms with E-state index in [0.717, 1.165) is 65.8 Å². The predicted octanol–water partition coefficient (Wildman–Crippen LogP) is 4.54. The second-order valence-corrected chi connectivity index (χ2v) is 10.9. The highest BCUT2D eigenvalue weighted by Gasteiger charge is 2.54. The zero-order valence-corrected chi connectivity index (χ0v) is 17.5. The Morgan fingerprint density at radius 1 is 1.14 bits per heavy atom. The van der Waals surface area contributed by atoms with E-state index >= 15 is 0 Å². The van der Waals surface area contributed by atoms with Gasteiger partial charge in [0.15, 0.2) is 5.78 Å². The van der Waals surface area contributed by atoms with E-state index in [1.165, 1.54) is 24.8 Å². The highest BCUT2D eigenvalue weighted by molar-refractivity contribution is 6.01. The van der Waals surface area contributed by atoms with Crippen molar-refractivity contribution in [2.45, 2.75) is 77.9 Å². The fourth-order valence-corrected chi connectivity index (χ4v) is 7.14. The van der Waals surface area contributed by atoms with Crippen molar-refractivity contribution in [1.29, 1.82) is 0 Å². The second kappa shape index (κ2) is 6.19. The van der Waals surface area contributed by atoms with Crippen LogP contribution in [0.1, 0.15) is 74.6 Å². The summed E-state index contributed by atoms with van der Waals surface area (Å²) in [6, 6.07) is 4.29. The lowest BCUT2D eigenvalue weighted by atomic mass is 9.48. The summed E-state index contributed by atoms with van der Waals surface area (Å²) >= 11 is 0. The minimum atomic E-state index is -0.101. The van der Waals surface area contributed by atoms with E-state index in [0.29, 0.717) is 5.78 Å². The van der Waals surface area contributed by atoms with Gasteiger partial charge in [0.2, 0.25) is 0 Å². The molecule has 0 unspecified atom stereocenters. The van der Waals surface area contributed by atoms with Crippen molar-refractivity contribution in [2.24, 2.45) is 23.2 Å². The van der Waals surface area contributed by atoms with Gasteiger partial charge in [-0.1, -0.05) is 6.07 Å². The number of ketones is 1. The van der Waals surface area contributed by atoms with Crippen LogP contribution in [0.25, 0.3) is 5.70 Å². The number of benzene rings is 1. The Morgan fingerprint density at radius 2 is 1.75 bits per heavy atom. The highest BCUT2D eigenvalue weighted by atomic mass is 16.3. The molecule has 0 spiro atoms. The van der Waals surface area contributed by atoms with Crippen molar-refractivity contribution in [1.82, 2.24) is 5.32 Å². The normalized spacial score (nSPS) is 36.3. The van der Waals surface area contributed by atoms with Gasteiger partial charge >= 0.3 is 0 Å². The van der Waals surface area contributed by atoms with Gasteiger partial charge in [-0.25, -0.2) is 0 Å². The maximum absolute atomic E-state index is 13.6. The molecule has 4 fully saturated rings. The minimum absolute atomic E-state index is 0.0404. The lowest BCUT2D eigenvalue weighted by Gasteiger charge is -2.55. The van der Waals surface area contributed by atoms with E-state index < -0.39 is 0 Å². The minimum Gasteiger partial charge on any atom is -0.392 e. The molecule has 4 bridgehead atoms. The molecular formula is C25H33NO2. The van der Waals surface area contributed by atoms with Crippen molar-refractivity contribution in [3.63, 3.8) is 0 Å². The van der Waals surface area contributed by atoms with Crippen LogP contribution in [-0.4, -0.2) is 16.4 Å². The van der Waals surface area contributed by atoms with Crippen molar-refractivity contribution < 1.29 is 9.90 Å². The Labute approximate surface area is 168 Å². The van der Waals surface area contributed by atoms with Crippen LogP contribution in [0.15, 0.2) is 18.2 Å². The molecule has 3 nitrogen and oxygen atoms in total. The van der Waals surface area contributed by atoms with E-state index in [4.69, 9.17) is 0 Å². The number of hydrogen-bond donors (Lipinski definition) is 2. The van der Waals surface area contributed by atoms with Gasteiger partial charge in [0.1, 0.15) is 0 Å². The smallest absolute Gasteiger partial charge is 0.163 e. The first-order valence-corrected chi connectivity index (χ1v) is 11.0. The third kappa shape index (κ3) is 2.94. The lowest BCUT2D eigenvalue weighted by Crippen LogP contribution is -2.50. The number of carbonyl (C=O) groups is 1. The topological polar surface area (TPSA) is 49.3 Å². The number of hydrogen-bond acceptors (Lipinski definition) is 3. The van der Waals surface area contributed by atoms with E-state index in [9.17, 15) is 9.90 Å². The van der Waals surface area contributed by atoms with Crippen LogP contribution in [0, 0.1) is 30.1 Å². The number of fused-ring (bicyclic) bond motifs is 1. The molecule has 5 aliphatic rings. The van der Waals surface area contributed by atoms with Crippen LogP contribution in [0.2, 0.25) is 0 Å². The monoisotopic (exact) mass is 379 g/mol. The largest absolute Gasteiger partial charge is 0.392 e. The summed E-state index contributed by atoms with van der Waals surface area (Å²) < 4.78 is 0. The van der Waals surface area contributed by atoms with Gasteiger partial charge in [0.05, 0.1) is 6.61 Å². The average molecular weight is 380 g/mol. The van der Waals surface area contributed by atoms with Crippen molar-refractivity contribution in [3.05, 3.63) is 40.5 Å². The van der Waals surface area contributed by atoms with Crippen LogP contribution < -0.4 is 5.32 Å². The Kier molecular flexibility index (Phi) is 4.07. The van der Waals surface area contributed by atoms with E-state index in [1.807, 2.05) is 6.08 Å². The van der Waals surface area contributed by atoms with Gasteiger partial charge in [0, 0.05) is 28.3 Å². The maximum Gasteiger partial charge on any atom is 0.163 e. The van der Waals surface area contributed by atoms with Crippen molar-refractivity contribution in [2.75, 3.05) is 0 Å². The molecule has 0 aromatic heterocycles. The summed E-state index contributed by atoms with van der Waals surface area (Å²) in [7, 11) is 0. The van der Waals surface area contributed by atoms with Gasteiger partial charge in [0.25, 0.3) is 0 Å². The molecule has 150 valence electrons. The summed E-state index contributed by atoms with van der Waals surface area (Å²) in [5.74, 6) is 2.68. The van der Waals surface area contributed by atoms with Gasteiger partial charge in [-0.3, -0.25) is 4.79 Å². The number of rotatable bonds is 3. The summed E-state index contributed by atoms with van der Waals surface area (Å²) in [5.41, 5.74) is 5.25. The Bertz CT molecular complexity index is 828.